The average molecular weight is 419 g/mol. The Labute approximate surface area is 166 Å². The van der Waals surface area contributed by atoms with Crippen molar-refractivity contribution in [2.45, 2.75) is 13.8 Å². The lowest BCUT2D eigenvalue weighted by atomic mass is 10.0. The summed E-state index contributed by atoms with van der Waals surface area (Å²) in [6, 6.07) is 16.9. The first-order valence-corrected chi connectivity index (χ1v) is 8.80. The van der Waals surface area contributed by atoms with Crippen molar-refractivity contribution in [3.8, 4) is 12.1 Å². The van der Waals surface area contributed by atoms with Crippen LogP contribution in [0.25, 0.3) is 0 Å². The van der Waals surface area contributed by atoms with Crippen molar-refractivity contribution < 1.29 is 0 Å². The molecular weight excluding hydrogens is 404 g/mol. The summed E-state index contributed by atoms with van der Waals surface area (Å²) in [7, 11) is 0. The van der Waals surface area contributed by atoms with Crippen LogP contribution in [0.4, 0.5) is 23.1 Å². The quantitative estimate of drug-likeness (QED) is 0.597. The standard InChI is InChI=1S/C20H15BrN6/c1-13-8-16(12-23)9-14(2)19(13)25-18-6-7-24-20(26-18)27(21)17-5-3-4-15(10-17)11-22/h3-10H,1-2H3,(H,24,25,26). The molecule has 1 N–H and O–H groups in total. The van der Waals surface area contributed by atoms with Crippen molar-refractivity contribution in [2.24, 2.45) is 0 Å². The summed E-state index contributed by atoms with van der Waals surface area (Å²) in [5.74, 6) is 1.05. The smallest absolute Gasteiger partial charge is 0.242 e. The molecule has 0 fully saturated rings. The Balaban J connectivity index is 1.90. The van der Waals surface area contributed by atoms with Crippen LogP contribution in [-0.2, 0) is 0 Å². The van der Waals surface area contributed by atoms with Gasteiger partial charge in [0, 0.05) is 11.9 Å². The third-order valence-electron chi connectivity index (χ3n) is 3.94. The van der Waals surface area contributed by atoms with E-state index in [4.69, 9.17) is 10.5 Å². The molecular formula is C20H15BrN6. The Kier molecular flexibility index (Phi) is 5.35. The Morgan fingerprint density at radius 2 is 1.70 bits per heavy atom. The Hall–Kier alpha value is -3.42. The number of rotatable bonds is 4. The second-order valence-electron chi connectivity index (χ2n) is 5.91. The van der Waals surface area contributed by atoms with Gasteiger partial charge in [-0.2, -0.15) is 15.5 Å². The zero-order valence-electron chi connectivity index (χ0n) is 14.7. The van der Waals surface area contributed by atoms with E-state index in [1.807, 2.05) is 32.0 Å². The van der Waals surface area contributed by atoms with Gasteiger partial charge in [0.25, 0.3) is 0 Å². The van der Waals surface area contributed by atoms with Crippen LogP contribution >= 0.6 is 16.1 Å². The summed E-state index contributed by atoms with van der Waals surface area (Å²) in [6.45, 7) is 3.89. The minimum Gasteiger partial charge on any atom is -0.340 e. The molecule has 0 aliphatic rings. The molecule has 0 aliphatic heterocycles. The molecule has 0 spiro atoms. The zero-order valence-corrected chi connectivity index (χ0v) is 16.3. The SMILES string of the molecule is Cc1cc(C#N)cc(C)c1Nc1ccnc(N(Br)c2cccc(C#N)c2)n1. The molecule has 1 heterocycles. The summed E-state index contributed by atoms with van der Waals surface area (Å²) in [5, 5.41) is 21.5. The second-order valence-corrected chi connectivity index (χ2v) is 6.62. The minimum absolute atomic E-state index is 0.430. The number of anilines is 4. The molecule has 3 aromatic rings. The number of hydrogen-bond donors (Lipinski definition) is 1. The topological polar surface area (TPSA) is 88.6 Å². The molecule has 0 radical (unpaired) electrons. The lowest BCUT2D eigenvalue weighted by Crippen LogP contribution is -2.08. The molecule has 6 nitrogen and oxygen atoms in total. The number of benzene rings is 2. The molecule has 0 atom stereocenters. The lowest BCUT2D eigenvalue weighted by molar-refractivity contribution is 1.13. The summed E-state index contributed by atoms with van der Waals surface area (Å²) in [6.07, 6.45) is 1.65. The van der Waals surface area contributed by atoms with Crippen molar-refractivity contribution in [3.05, 3.63) is 70.9 Å². The molecule has 2 aromatic carbocycles. The maximum absolute atomic E-state index is 9.09. The Bertz CT molecular complexity index is 1060. The first-order chi connectivity index (χ1) is 13.0. The molecule has 0 amide bonds. The van der Waals surface area contributed by atoms with Crippen LogP contribution in [0, 0.1) is 36.5 Å². The van der Waals surface area contributed by atoms with E-state index in [9.17, 15) is 0 Å². The molecule has 0 unspecified atom stereocenters. The fraction of sp³-hybridized carbons (Fsp3) is 0.100. The van der Waals surface area contributed by atoms with E-state index in [-0.39, 0.29) is 0 Å². The number of aromatic nitrogens is 2. The molecule has 0 saturated heterocycles. The van der Waals surface area contributed by atoms with E-state index in [1.54, 1.807) is 34.4 Å². The van der Waals surface area contributed by atoms with Crippen LogP contribution in [0.2, 0.25) is 0 Å². The number of nitrogens with one attached hydrogen (secondary N) is 1. The number of hydrogen-bond acceptors (Lipinski definition) is 6. The molecule has 0 saturated carbocycles. The number of halogens is 1. The van der Waals surface area contributed by atoms with E-state index in [2.05, 4.69) is 43.6 Å². The van der Waals surface area contributed by atoms with Crippen molar-refractivity contribution in [1.82, 2.24) is 9.97 Å². The highest BCUT2D eigenvalue weighted by atomic mass is 79.9. The maximum Gasteiger partial charge on any atom is 0.242 e. The summed E-state index contributed by atoms with van der Waals surface area (Å²) in [4.78, 5) is 8.82. The zero-order chi connectivity index (χ0) is 19.4. The fourth-order valence-corrected chi connectivity index (χ4v) is 3.07. The van der Waals surface area contributed by atoms with Crippen LogP contribution < -0.4 is 9.24 Å². The largest absolute Gasteiger partial charge is 0.340 e. The van der Waals surface area contributed by atoms with Crippen molar-refractivity contribution in [3.63, 3.8) is 0 Å². The highest BCUT2D eigenvalue weighted by Gasteiger charge is 2.12. The van der Waals surface area contributed by atoms with Gasteiger partial charge in [0.1, 0.15) is 5.82 Å². The van der Waals surface area contributed by atoms with Crippen molar-refractivity contribution >= 4 is 39.3 Å². The molecule has 7 heteroatoms. The predicted molar refractivity (Wildman–Crippen MR) is 108 cm³/mol. The highest BCUT2D eigenvalue weighted by Crippen LogP contribution is 2.29. The molecule has 0 bridgehead atoms. The minimum atomic E-state index is 0.430. The summed E-state index contributed by atoms with van der Waals surface area (Å²) in [5.41, 5.74) is 4.76. The predicted octanol–water partition coefficient (Wildman–Crippen LogP) is 5.03. The van der Waals surface area contributed by atoms with Crippen molar-refractivity contribution in [2.75, 3.05) is 9.24 Å². The fourth-order valence-electron chi connectivity index (χ4n) is 2.68. The van der Waals surface area contributed by atoms with Gasteiger partial charge in [0.15, 0.2) is 0 Å². The number of nitrogens with zero attached hydrogens (tertiary/aromatic N) is 5. The van der Waals surface area contributed by atoms with Crippen LogP contribution in [0.3, 0.4) is 0 Å². The maximum atomic E-state index is 9.09. The van der Waals surface area contributed by atoms with Gasteiger partial charge in [-0.15, -0.1) is 0 Å². The molecule has 1 aromatic heterocycles. The average Bonchev–Trinajstić information content (AvgIpc) is 2.70. The normalized spacial score (nSPS) is 9.96. The van der Waals surface area contributed by atoms with Crippen LogP contribution in [-0.4, -0.2) is 9.97 Å². The Morgan fingerprint density at radius 1 is 1.00 bits per heavy atom. The third-order valence-corrected chi connectivity index (χ3v) is 4.66. The van der Waals surface area contributed by atoms with E-state index in [1.165, 1.54) is 0 Å². The van der Waals surface area contributed by atoms with Gasteiger partial charge in [-0.25, -0.2) is 8.91 Å². The molecule has 132 valence electrons. The van der Waals surface area contributed by atoms with Gasteiger partial charge in [0.2, 0.25) is 5.95 Å². The van der Waals surface area contributed by atoms with Gasteiger partial charge in [-0.1, -0.05) is 6.07 Å². The third kappa shape index (κ3) is 4.05. The Morgan fingerprint density at radius 3 is 2.37 bits per heavy atom. The van der Waals surface area contributed by atoms with Crippen molar-refractivity contribution in [1.29, 1.82) is 10.5 Å². The van der Waals surface area contributed by atoms with Gasteiger partial charge in [-0.3, -0.25) is 0 Å². The lowest BCUT2D eigenvalue weighted by Gasteiger charge is -2.17. The number of aryl methyl sites for hydroxylation is 2. The second kappa shape index (κ2) is 7.86. The van der Waals surface area contributed by atoms with E-state index < -0.39 is 0 Å². The first-order valence-electron chi connectivity index (χ1n) is 8.09. The highest BCUT2D eigenvalue weighted by molar-refractivity contribution is 9.10. The van der Waals surface area contributed by atoms with E-state index in [0.717, 1.165) is 22.5 Å². The van der Waals surface area contributed by atoms with Crippen LogP contribution in [0.5, 0.6) is 0 Å². The van der Waals surface area contributed by atoms with E-state index >= 15 is 0 Å². The van der Waals surface area contributed by atoms with E-state index in [0.29, 0.717) is 22.9 Å². The molecule has 0 aliphatic carbocycles. The molecule has 27 heavy (non-hydrogen) atoms. The summed E-state index contributed by atoms with van der Waals surface area (Å²) < 4.78 is 1.64. The van der Waals surface area contributed by atoms with Gasteiger partial charge >= 0.3 is 0 Å². The van der Waals surface area contributed by atoms with Crippen LogP contribution in [0.1, 0.15) is 22.3 Å². The summed E-state index contributed by atoms with van der Waals surface area (Å²) >= 11 is 3.46. The van der Waals surface area contributed by atoms with Gasteiger partial charge < -0.3 is 5.32 Å². The number of nitriles is 2. The first kappa shape index (κ1) is 18.4. The van der Waals surface area contributed by atoms with Gasteiger partial charge in [-0.05, 0) is 61.4 Å². The van der Waals surface area contributed by atoms with Crippen LogP contribution in [0.15, 0.2) is 48.7 Å². The monoisotopic (exact) mass is 418 g/mol. The van der Waals surface area contributed by atoms with Gasteiger partial charge in [0.05, 0.1) is 45.1 Å². The molecule has 3 rings (SSSR count).